The van der Waals surface area contributed by atoms with Crippen LogP contribution < -0.4 is 0 Å². The van der Waals surface area contributed by atoms with Crippen molar-refractivity contribution in [3.63, 3.8) is 0 Å². The number of ketones is 1. The lowest BCUT2D eigenvalue weighted by Crippen LogP contribution is -2.13. The predicted octanol–water partition coefficient (Wildman–Crippen LogP) is 1.78. The van der Waals surface area contributed by atoms with Crippen molar-refractivity contribution in [2.45, 2.75) is 25.2 Å². The van der Waals surface area contributed by atoms with E-state index in [0.717, 1.165) is 5.56 Å². The number of carbonyl (C=O) groups is 1. The zero-order valence-corrected chi connectivity index (χ0v) is 11.7. The van der Waals surface area contributed by atoms with Gasteiger partial charge in [0.25, 0.3) is 0 Å². The van der Waals surface area contributed by atoms with E-state index in [1.54, 1.807) is 12.1 Å². The van der Waals surface area contributed by atoms with Crippen molar-refractivity contribution in [2.24, 2.45) is 0 Å². The van der Waals surface area contributed by atoms with Crippen molar-refractivity contribution >= 4 is 21.9 Å². The highest BCUT2D eigenvalue weighted by molar-refractivity contribution is 7.91. The summed E-state index contributed by atoms with van der Waals surface area (Å²) in [4.78, 5) is 22.2. The van der Waals surface area contributed by atoms with Crippen molar-refractivity contribution < 1.29 is 18.0 Å². The maximum absolute atomic E-state index is 12.0. The molecule has 0 unspecified atom stereocenters. The Morgan fingerprint density at radius 3 is 2.32 bits per heavy atom. The molecule has 0 bridgehead atoms. The second-order valence-electron chi connectivity index (χ2n) is 4.11. The van der Waals surface area contributed by atoms with Crippen LogP contribution in [0.3, 0.4) is 0 Å². The van der Waals surface area contributed by atoms with Crippen molar-refractivity contribution in [3.8, 4) is 0 Å². The summed E-state index contributed by atoms with van der Waals surface area (Å²) in [6.07, 6.45) is 2.61. The van der Waals surface area contributed by atoms with Gasteiger partial charge in [0.05, 0.1) is 16.2 Å². The van der Waals surface area contributed by atoms with Gasteiger partial charge < -0.3 is 0 Å². The van der Waals surface area contributed by atoms with Crippen molar-refractivity contribution in [2.75, 3.05) is 5.75 Å². The second kappa shape index (κ2) is 6.43. The van der Waals surface area contributed by atoms with E-state index in [1.807, 2.05) is 6.92 Å². The number of hydrogen-bond acceptors (Lipinski definition) is 4. The zero-order chi connectivity index (χ0) is 14.5. The Hall–Kier alpha value is -1.75. The van der Waals surface area contributed by atoms with E-state index in [1.165, 1.54) is 31.4 Å². The lowest BCUT2D eigenvalue weighted by atomic mass is 10.1. The Morgan fingerprint density at radius 1 is 1.26 bits per heavy atom. The largest absolute Gasteiger partial charge is 0.294 e. The van der Waals surface area contributed by atoms with Crippen LogP contribution in [0.2, 0.25) is 0 Å². The van der Waals surface area contributed by atoms with Crippen LogP contribution in [0.25, 0.3) is 0 Å². The van der Waals surface area contributed by atoms with E-state index in [-0.39, 0.29) is 22.6 Å². The van der Waals surface area contributed by atoms with Crippen molar-refractivity contribution in [1.82, 2.24) is 0 Å². The molecule has 0 N–H and O–H groups in total. The standard InChI is InChI=1S/C14H15O4S/c1-3-12(10-15)14(16)8-9-19(17,18)13-6-4-11(2)5-7-13/h3-7H,8-9H2,1-2H3. The normalized spacial score (nSPS) is 12.2. The number of aryl methyl sites for hydroxylation is 1. The van der Waals surface area contributed by atoms with E-state index in [0.29, 0.717) is 0 Å². The Bertz CT molecular complexity index is 595. The number of rotatable bonds is 6. The van der Waals surface area contributed by atoms with Crippen LogP contribution in [0.4, 0.5) is 0 Å². The molecule has 0 saturated carbocycles. The van der Waals surface area contributed by atoms with Gasteiger partial charge in [0.1, 0.15) is 0 Å². The fourth-order valence-corrected chi connectivity index (χ4v) is 2.74. The summed E-state index contributed by atoms with van der Waals surface area (Å²) in [6.45, 7) is 3.39. The maximum Gasteiger partial charge on any atom is 0.236 e. The third kappa shape index (κ3) is 4.13. The minimum absolute atomic E-state index is 0.112. The van der Waals surface area contributed by atoms with Gasteiger partial charge in [-0.3, -0.25) is 9.59 Å². The molecule has 0 atom stereocenters. The summed E-state index contributed by atoms with van der Waals surface area (Å²) < 4.78 is 24.0. The van der Waals surface area contributed by atoms with Crippen LogP contribution in [0, 0.1) is 6.92 Å². The molecule has 101 valence electrons. The van der Waals surface area contributed by atoms with E-state index in [4.69, 9.17) is 0 Å². The van der Waals surface area contributed by atoms with Gasteiger partial charge in [-0.2, -0.15) is 0 Å². The number of allylic oxidation sites excluding steroid dienone is 2. The molecule has 19 heavy (non-hydrogen) atoms. The topological polar surface area (TPSA) is 68.3 Å². The van der Waals surface area contributed by atoms with Crippen LogP contribution in [0.15, 0.2) is 40.8 Å². The SMILES string of the molecule is CC=C([C]=O)C(=O)CCS(=O)(=O)c1ccc(C)cc1. The summed E-state index contributed by atoms with van der Waals surface area (Å²) in [7, 11) is -3.50. The lowest BCUT2D eigenvalue weighted by Gasteiger charge is -2.04. The molecule has 0 saturated heterocycles. The molecular formula is C14H15O4S. The molecule has 0 fully saturated rings. The summed E-state index contributed by atoms with van der Waals surface area (Å²) in [5.41, 5.74) is 0.848. The van der Waals surface area contributed by atoms with Gasteiger partial charge in [-0.25, -0.2) is 8.42 Å². The molecule has 0 aliphatic carbocycles. The number of sulfone groups is 1. The molecule has 4 nitrogen and oxygen atoms in total. The molecule has 0 spiro atoms. The lowest BCUT2D eigenvalue weighted by molar-refractivity contribution is -0.114. The van der Waals surface area contributed by atoms with E-state index >= 15 is 0 Å². The van der Waals surface area contributed by atoms with Crippen LogP contribution in [-0.4, -0.2) is 26.2 Å². The van der Waals surface area contributed by atoms with Gasteiger partial charge in [0.2, 0.25) is 6.29 Å². The molecule has 1 aromatic rings. The Morgan fingerprint density at radius 2 is 1.84 bits per heavy atom. The fourth-order valence-electron chi connectivity index (χ4n) is 1.50. The molecule has 1 aromatic carbocycles. The smallest absolute Gasteiger partial charge is 0.236 e. The number of Topliss-reactive ketones (excluding diaryl/α,β-unsaturated/α-hetero) is 1. The summed E-state index contributed by atoms with van der Waals surface area (Å²) in [6, 6.07) is 6.42. The third-order valence-electron chi connectivity index (χ3n) is 2.68. The van der Waals surface area contributed by atoms with Gasteiger partial charge in [0.15, 0.2) is 15.6 Å². The van der Waals surface area contributed by atoms with Crippen LogP contribution in [0.5, 0.6) is 0 Å². The minimum Gasteiger partial charge on any atom is -0.294 e. The first-order valence-electron chi connectivity index (χ1n) is 5.78. The fraction of sp³-hybridized carbons (Fsp3) is 0.286. The first kappa shape index (κ1) is 15.3. The van der Waals surface area contributed by atoms with Crippen LogP contribution in [-0.2, 0) is 19.4 Å². The summed E-state index contributed by atoms with van der Waals surface area (Å²) in [5.74, 6) is -0.818. The maximum atomic E-state index is 12.0. The van der Waals surface area contributed by atoms with Gasteiger partial charge in [0, 0.05) is 6.42 Å². The van der Waals surface area contributed by atoms with Gasteiger partial charge in [-0.05, 0) is 26.0 Å². The molecule has 0 amide bonds. The highest BCUT2D eigenvalue weighted by atomic mass is 32.2. The quantitative estimate of drug-likeness (QED) is 0.452. The molecule has 5 heteroatoms. The number of carbonyl (C=O) groups excluding carboxylic acids is 2. The summed E-state index contributed by atoms with van der Waals surface area (Å²) in [5, 5.41) is 0. The Balaban J connectivity index is 2.79. The highest BCUT2D eigenvalue weighted by Crippen LogP contribution is 2.13. The average molecular weight is 279 g/mol. The van der Waals surface area contributed by atoms with E-state index < -0.39 is 15.6 Å². The van der Waals surface area contributed by atoms with Gasteiger partial charge >= 0.3 is 0 Å². The van der Waals surface area contributed by atoms with E-state index in [9.17, 15) is 18.0 Å². The number of benzene rings is 1. The molecule has 0 aliphatic rings. The first-order valence-corrected chi connectivity index (χ1v) is 7.43. The monoisotopic (exact) mass is 279 g/mol. The minimum atomic E-state index is -3.50. The number of hydrogen-bond donors (Lipinski definition) is 0. The first-order chi connectivity index (χ1) is 8.90. The highest BCUT2D eigenvalue weighted by Gasteiger charge is 2.18. The molecule has 0 aliphatic heterocycles. The van der Waals surface area contributed by atoms with Crippen molar-refractivity contribution in [3.05, 3.63) is 41.5 Å². The molecular weight excluding hydrogens is 264 g/mol. The Kier molecular flexibility index (Phi) is 5.18. The third-order valence-corrected chi connectivity index (χ3v) is 4.41. The van der Waals surface area contributed by atoms with E-state index in [2.05, 4.69) is 0 Å². The zero-order valence-electron chi connectivity index (χ0n) is 10.8. The molecule has 0 heterocycles. The molecule has 1 rings (SSSR count). The summed E-state index contributed by atoms with van der Waals surface area (Å²) >= 11 is 0. The van der Waals surface area contributed by atoms with Gasteiger partial charge in [-0.15, -0.1) is 0 Å². The molecule has 1 radical (unpaired) electrons. The van der Waals surface area contributed by atoms with Crippen LogP contribution in [0.1, 0.15) is 18.9 Å². The predicted molar refractivity (Wildman–Crippen MR) is 72.3 cm³/mol. The average Bonchev–Trinajstić information content (AvgIpc) is 2.38. The van der Waals surface area contributed by atoms with Crippen molar-refractivity contribution in [1.29, 1.82) is 0 Å². The Labute approximate surface area is 113 Å². The van der Waals surface area contributed by atoms with Crippen LogP contribution >= 0.6 is 0 Å². The van der Waals surface area contributed by atoms with Gasteiger partial charge in [-0.1, -0.05) is 23.8 Å². The molecule has 0 aromatic heterocycles. The second-order valence-corrected chi connectivity index (χ2v) is 6.22.